The van der Waals surface area contributed by atoms with Crippen molar-refractivity contribution in [3.63, 3.8) is 0 Å². The van der Waals surface area contributed by atoms with Crippen LogP contribution in [0.25, 0.3) is 0 Å². The summed E-state index contributed by atoms with van der Waals surface area (Å²) in [7, 11) is 0. The van der Waals surface area contributed by atoms with E-state index >= 15 is 0 Å². The normalized spacial score (nSPS) is 15.4. The van der Waals surface area contributed by atoms with E-state index in [-0.39, 0.29) is 5.60 Å². The molecular formula is C17H17BrClNO. The molecule has 1 N–H and O–H groups in total. The van der Waals surface area contributed by atoms with Gasteiger partial charge < -0.3 is 10.1 Å². The van der Waals surface area contributed by atoms with Crippen molar-refractivity contribution in [1.29, 1.82) is 0 Å². The smallest absolute Gasteiger partial charge is 0.123 e. The van der Waals surface area contributed by atoms with Crippen molar-refractivity contribution < 1.29 is 4.74 Å². The average molecular weight is 367 g/mol. The highest BCUT2D eigenvalue weighted by Gasteiger charge is 2.29. The summed E-state index contributed by atoms with van der Waals surface area (Å²) in [4.78, 5) is 0. The lowest BCUT2D eigenvalue weighted by Gasteiger charge is -2.16. The lowest BCUT2D eigenvalue weighted by molar-refractivity contribution is 0.138. The Labute approximate surface area is 138 Å². The van der Waals surface area contributed by atoms with Crippen LogP contribution in [0.4, 0.5) is 5.69 Å². The largest absolute Gasteiger partial charge is 0.487 e. The molecule has 0 spiro atoms. The Hall–Kier alpha value is -1.19. The van der Waals surface area contributed by atoms with E-state index in [4.69, 9.17) is 16.3 Å². The topological polar surface area (TPSA) is 21.3 Å². The molecule has 0 atom stereocenters. The fourth-order valence-electron chi connectivity index (χ4n) is 2.60. The second-order valence-electron chi connectivity index (χ2n) is 5.96. The molecule has 0 amide bonds. The molecule has 1 aliphatic heterocycles. The van der Waals surface area contributed by atoms with E-state index < -0.39 is 0 Å². The second kappa shape index (κ2) is 5.54. The second-order valence-corrected chi connectivity index (χ2v) is 7.28. The van der Waals surface area contributed by atoms with Crippen LogP contribution in [0, 0.1) is 0 Å². The fourth-order valence-corrected chi connectivity index (χ4v) is 3.34. The maximum absolute atomic E-state index is 6.21. The third-order valence-electron chi connectivity index (χ3n) is 3.54. The molecule has 1 aliphatic rings. The predicted molar refractivity (Wildman–Crippen MR) is 91.3 cm³/mol. The minimum Gasteiger partial charge on any atom is -0.487 e. The first-order chi connectivity index (χ1) is 9.93. The number of rotatable bonds is 3. The zero-order chi connectivity index (χ0) is 15.0. The third kappa shape index (κ3) is 3.35. The molecule has 0 fully saturated rings. The van der Waals surface area contributed by atoms with Crippen molar-refractivity contribution in [2.45, 2.75) is 32.4 Å². The Morgan fingerprint density at radius 3 is 2.81 bits per heavy atom. The number of benzene rings is 2. The van der Waals surface area contributed by atoms with E-state index in [1.54, 1.807) is 0 Å². The first-order valence-electron chi connectivity index (χ1n) is 6.93. The minimum absolute atomic E-state index is 0.0938. The summed E-state index contributed by atoms with van der Waals surface area (Å²) in [6.07, 6.45) is 0.954. The first kappa shape index (κ1) is 14.7. The summed E-state index contributed by atoms with van der Waals surface area (Å²) in [5.74, 6) is 1.01. The molecule has 0 bridgehead atoms. The van der Waals surface area contributed by atoms with Gasteiger partial charge in [0.15, 0.2) is 0 Å². The Balaban J connectivity index is 1.72. The van der Waals surface area contributed by atoms with Gasteiger partial charge in [-0.05, 0) is 49.2 Å². The average Bonchev–Trinajstić information content (AvgIpc) is 2.70. The Morgan fingerprint density at radius 2 is 2.05 bits per heavy atom. The van der Waals surface area contributed by atoms with Crippen LogP contribution in [-0.4, -0.2) is 5.60 Å². The maximum Gasteiger partial charge on any atom is 0.123 e. The molecule has 110 valence electrons. The zero-order valence-corrected chi connectivity index (χ0v) is 14.4. The van der Waals surface area contributed by atoms with Gasteiger partial charge in [-0.1, -0.05) is 39.7 Å². The quantitative estimate of drug-likeness (QED) is 0.782. The van der Waals surface area contributed by atoms with E-state index in [1.807, 2.05) is 18.2 Å². The monoisotopic (exact) mass is 365 g/mol. The summed E-state index contributed by atoms with van der Waals surface area (Å²) < 4.78 is 6.88. The maximum atomic E-state index is 6.21. The fraction of sp³-hybridized carbons (Fsp3) is 0.294. The Morgan fingerprint density at radius 1 is 1.24 bits per heavy atom. The van der Waals surface area contributed by atoms with Crippen molar-refractivity contribution in [3.8, 4) is 5.75 Å². The van der Waals surface area contributed by atoms with Crippen molar-refractivity contribution in [3.05, 3.63) is 57.0 Å². The number of halogens is 2. The molecule has 0 radical (unpaired) electrons. The van der Waals surface area contributed by atoms with Gasteiger partial charge in [0.25, 0.3) is 0 Å². The SMILES string of the molecule is CC1(C)Cc2cc(CNc3ccc(Br)cc3Cl)ccc2O1. The van der Waals surface area contributed by atoms with Gasteiger partial charge in [0.2, 0.25) is 0 Å². The minimum atomic E-state index is -0.0938. The lowest BCUT2D eigenvalue weighted by atomic mass is 10.0. The van der Waals surface area contributed by atoms with Crippen molar-refractivity contribution in [2.75, 3.05) is 5.32 Å². The summed E-state index contributed by atoms with van der Waals surface area (Å²) in [5.41, 5.74) is 3.36. The molecule has 0 unspecified atom stereocenters. The molecule has 3 rings (SSSR count). The van der Waals surface area contributed by atoms with Crippen molar-refractivity contribution >= 4 is 33.2 Å². The number of nitrogens with one attached hydrogen (secondary N) is 1. The van der Waals surface area contributed by atoms with E-state index in [0.717, 1.165) is 33.9 Å². The van der Waals surface area contributed by atoms with E-state index in [2.05, 4.69) is 53.3 Å². The van der Waals surface area contributed by atoms with Gasteiger partial charge >= 0.3 is 0 Å². The van der Waals surface area contributed by atoms with Gasteiger partial charge in [-0.15, -0.1) is 0 Å². The zero-order valence-electron chi connectivity index (χ0n) is 12.0. The molecule has 0 saturated heterocycles. The van der Waals surface area contributed by atoms with Gasteiger partial charge in [-0.3, -0.25) is 0 Å². The van der Waals surface area contributed by atoms with Gasteiger partial charge in [0.05, 0.1) is 10.7 Å². The summed E-state index contributed by atoms with van der Waals surface area (Å²) in [5, 5.41) is 4.09. The van der Waals surface area contributed by atoms with Crippen LogP contribution in [0.2, 0.25) is 5.02 Å². The van der Waals surface area contributed by atoms with Crippen LogP contribution in [0.5, 0.6) is 5.75 Å². The van der Waals surface area contributed by atoms with Crippen molar-refractivity contribution in [2.24, 2.45) is 0 Å². The number of ether oxygens (including phenoxy) is 1. The Bertz CT molecular complexity index is 684. The van der Waals surface area contributed by atoms with Gasteiger partial charge in [0.1, 0.15) is 11.4 Å². The molecule has 1 heterocycles. The van der Waals surface area contributed by atoms with Gasteiger partial charge in [-0.2, -0.15) is 0 Å². The summed E-state index contributed by atoms with van der Waals surface area (Å²) in [6, 6.07) is 12.2. The van der Waals surface area contributed by atoms with Gasteiger partial charge in [0, 0.05) is 17.4 Å². The molecule has 2 aromatic carbocycles. The Kier molecular flexibility index (Phi) is 3.89. The number of hydrogen-bond acceptors (Lipinski definition) is 2. The highest BCUT2D eigenvalue weighted by Crippen LogP contribution is 2.35. The number of anilines is 1. The molecule has 4 heteroatoms. The van der Waals surface area contributed by atoms with Crippen LogP contribution in [0.3, 0.4) is 0 Å². The molecular weight excluding hydrogens is 350 g/mol. The lowest BCUT2D eigenvalue weighted by Crippen LogP contribution is -2.24. The molecule has 0 saturated carbocycles. The molecule has 2 nitrogen and oxygen atoms in total. The van der Waals surface area contributed by atoms with Gasteiger partial charge in [-0.25, -0.2) is 0 Å². The number of hydrogen-bond donors (Lipinski definition) is 1. The van der Waals surface area contributed by atoms with Crippen LogP contribution in [0.1, 0.15) is 25.0 Å². The molecule has 21 heavy (non-hydrogen) atoms. The number of fused-ring (bicyclic) bond motifs is 1. The van der Waals surface area contributed by atoms with Crippen LogP contribution in [0.15, 0.2) is 40.9 Å². The predicted octanol–water partition coefficient (Wildman–Crippen LogP) is 5.43. The highest BCUT2D eigenvalue weighted by molar-refractivity contribution is 9.10. The van der Waals surface area contributed by atoms with Crippen molar-refractivity contribution in [1.82, 2.24) is 0 Å². The van der Waals surface area contributed by atoms with Crippen LogP contribution >= 0.6 is 27.5 Å². The molecule has 0 aliphatic carbocycles. The third-order valence-corrected chi connectivity index (χ3v) is 4.35. The summed E-state index contributed by atoms with van der Waals surface area (Å²) >= 11 is 9.62. The van der Waals surface area contributed by atoms with E-state index in [1.165, 1.54) is 11.1 Å². The molecule has 0 aromatic heterocycles. The molecule has 2 aromatic rings. The van der Waals surface area contributed by atoms with E-state index in [9.17, 15) is 0 Å². The first-order valence-corrected chi connectivity index (χ1v) is 8.10. The standard InChI is InChI=1S/C17H17BrClNO/c1-17(2)9-12-7-11(3-6-16(12)21-17)10-20-15-5-4-13(18)8-14(15)19/h3-8,20H,9-10H2,1-2H3. The van der Waals surface area contributed by atoms with Crippen LogP contribution < -0.4 is 10.1 Å². The van der Waals surface area contributed by atoms with E-state index in [0.29, 0.717) is 0 Å². The highest BCUT2D eigenvalue weighted by atomic mass is 79.9. The van der Waals surface area contributed by atoms with Crippen LogP contribution in [-0.2, 0) is 13.0 Å². The summed E-state index contributed by atoms with van der Waals surface area (Å²) in [6.45, 7) is 4.98.